The molecule has 0 rings (SSSR count). The maximum absolute atomic E-state index is 3.59. The van der Waals surface area contributed by atoms with E-state index in [2.05, 4.69) is 45.1 Å². The topological polar surface area (TPSA) is 15.3 Å². The minimum atomic E-state index is 0.343. The van der Waals surface area contributed by atoms with Crippen molar-refractivity contribution >= 4 is 0 Å². The molecule has 2 heteroatoms. The zero-order valence-corrected chi connectivity index (χ0v) is 9.28. The van der Waals surface area contributed by atoms with Gasteiger partial charge >= 0.3 is 0 Å². The quantitative estimate of drug-likeness (QED) is 0.656. The van der Waals surface area contributed by atoms with Crippen molar-refractivity contribution in [2.24, 2.45) is 0 Å². The normalized spacial score (nSPS) is 12.5. The Morgan fingerprint density at radius 2 is 1.67 bits per heavy atom. The molecule has 0 unspecified atom stereocenters. The van der Waals surface area contributed by atoms with Crippen molar-refractivity contribution in [3.05, 3.63) is 0 Å². The van der Waals surface area contributed by atoms with Crippen molar-refractivity contribution in [1.82, 2.24) is 10.2 Å². The second kappa shape index (κ2) is 5.55. The van der Waals surface area contributed by atoms with E-state index >= 15 is 0 Å². The smallest absolute Gasteiger partial charge is 0.0148 e. The molecule has 0 aliphatic rings. The molecule has 0 aliphatic carbocycles. The number of nitrogens with zero attached hydrogens (tertiary/aromatic N) is 1. The maximum atomic E-state index is 3.59. The molecular weight excluding hydrogens is 148 g/mol. The van der Waals surface area contributed by atoms with Crippen LogP contribution in [0.15, 0.2) is 0 Å². The zero-order chi connectivity index (χ0) is 9.61. The number of nitrogens with one attached hydrogen (secondary N) is 1. The highest BCUT2D eigenvalue weighted by atomic mass is 15.1. The summed E-state index contributed by atoms with van der Waals surface area (Å²) in [5, 5.41) is 3.59. The predicted octanol–water partition coefficient (Wildman–Crippen LogP) is 1.72. The lowest BCUT2D eigenvalue weighted by Gasteiger charge is -2.29. The minimum Gasteiger partial charge on any atom is -0.310 e. The van der Waals surface area contributed by atoms with Crippen LogP contribution in [0, 0.1) is 0 Å². The minimum absolute atomic E-state index is 0.343. The first kappa shape index (κ1) is 11.9. The van der Waals surface area contributed by atoms with Crippen LogP contribution in [0.25, 0.3) is 0 Å². The van der Waals surface area contributed by atoms with Crippen molar-refractivity contribution in [2.45, 2.75) is 39.2 Å². The standard InChI is InChI=1S/C10H24N2/c1-6-10(3,7-2)11-8-9-12(4)5/h11H,6-9H2,1-5H3. The lowest BCUT2D eigenvalue weighted by Crippen LogP contribution is -2.44. The number of hydrogen-bond acceptors (Lipinski definition) is 2. The fourth-order valence-corrected chi connectivity index (χ4v) is 1.08. The highest BCUT2D eigenvalue weighted by Gasteiger charge is 2.17. The van der Waals surface area contributed by atoms with Gasteiger partial charge in [-0.3, -0.25) is 0 Å². The van der Waals surface area contributed by atoms with Gasteiger partial charge < -0.3 is 10.2 Å². The van der Waals surface area contributed by atoms with E-state index in [4.69, 9.17) is 0 Å². The number of likely N-dealkylation sites (N-methyl/N-ethyl adjacent to an activating group) is 1. The second-order valence-electron chi connectivity index (χ2n) is 4.00. The molecule has 0 heterocycles. The first-order chi connectivity index (χ1) is 5.54. The molecule has 1 N–H and O–H groups in total. The monoisotopic (exact) mass is 172 g/mol. The third-order valence-electron chi connectivity index (χ3n) is 2.67. The fraction of sp³-hybridized carbons (Fsp3) is 1.00. The summed E-state index contributed by atoms with van der Waals surface area (Å²) in [5.74, 6) is 0. The summed E-state index contributed by atoms with van der Waals surface area (Å²) in [6.45, 7) is 8.99. The molecule has 0 spiro atoms. The summed E-state index contributed by atoms with van der Waals surface area (Å²) in [5.41, 5.74) is 0.343. The Morgan fingerprint density at radius 3 is 2.00 bits per heavy atom. The largest absolute Gasteiger partial charge is 0.310 e. The Morgan fingerprint density at radius 1 is 1.17 bits per heavy atom. The van der Waals surface area contributed by atoms with Crippen molar-refractivity contribution < 1.29 is 0 Å². The Bertz CT molecular complexity index is 106. The Hall–Kier alpha value is -0.0800. The van der Waals surface area contributed by atoms with Crippen molar-refractivity contribution in [1.29, 1.82) is 0 Å². The number of rotatable bonds is 6. The molecule has 0 saturated heterocycles. The van der Waals surface area contributed by atoms with E-state index in [1.54, 1.807) is 0 Å². The predicted molar refractivity (Wildman–Crippen MR) is 55.5 cm³/mol. The summed E-state index contributed by atoms with van der Waals surface area (Å²) in [4.78, 5) is 2.21. The first-order valence-corrected chi connectivity index (χ1v) is 4.94. The molecule has 0 aromatic carbocycles. The molecule has 0 amide bonds. The van der Waals surface area contributed by atoms with Crippen LogP contribution in [-0.4, -0.2) is 37.6 Å². The van der Waals surface area contributed by atoms with Crippen molar-refractivity contribution in [2.75, 3.05) is 27.2 Å². The summed E-state index contributed by atoms with van der Waals surface area (Å²) < 4.78 is 0. The molecule has 2 nitrogen and oxygen atoms in total. The molecule has 0 fully saturated rings. The Balaban J connectivity index is 3.58. The van der Waals surface area contributed by atoms with E-state index in [0.29, 0.717) is 5.54 Å². The fourth-order valence-electron chi connectivity index (χ4n) is 1.08. The van der Waals surface area contributed by atoms with Crippen LogP contribution >= 0.6 is 0 Å². The highest BCUT2D eigenvalue weighted by molar-refractivity contribution is 4.79. The Kier molecular flexibility index (Phi) is 5.51. The van der Waals surface area contributed by atoms with Crippen LogP contribution in [0.3, 0.4) is 0 Å². The lowest BCUT2D eigenvalue weighted by atomic mass is 9.96. The van der Waals surface area contributed by atoms with E-state index in [-0.39, 0.29) is 0 Å². The zero-order valence-electron chi connectivity index (χ0n) is 9.28. The summed E-state index contributed by atoms with van der Waals surface area (Å²) >= 11 is 0. The summed E-state index contributed by atoms with van der Waals surface area (Å²) in [7, 11) is 4.22. The van der Waals surface area contributed by atoms with Gasteiger partial charge in [-0.1, -0.05) is 13.8 Å². The summed E-state index contributed by atoms with van der Waals surface area (Å²) in [6, 6.07) is 0. The molecule has 0 aliphatic heterocycles. The van der Waals surface area contributed by atoms with E-state index in [1.807, 2.05) is 0 Å². The van der Waals surface area contributed by atoms with Crippen LogP contribution in [0.4, 0.5) is 0 Å². The third-order valence-corrected chi connectivity index (χ3v) is 2.67. The molecule has 0 bridgehead atoms. The van der Waals surface area contributed by atoms with Crippen molar-refractivity contribution in [3.8, 4) is 0 Å². The average Bonchev–Trinajstić information content (AvgIpc) is 2.03. The van der Waals surface area contributed by atoms with Crippen LogP contribution < -0.4 is 5.32 Å². The van der Waals surface area contributed by atoms with E-state index in [1.165, 1.54) is 12.8 Å². The third kappa shape index (κ3) is 4.73. The highest BCUT2D eigenvalue weighted by Crippen LogP contribution is 2.12. The average molecular weight is 172 g/mol. The SMILES string of the molecule is CCC(C)(CC)NCCN(C)C. The first-order valence-electron chi connectivity index (χ1n) is 4.94. The van der Waals surface area contributed by atoms with Gasteiger partial charge in [0.05, 0.1) is 0 Å². The van der Waals surface area contributed by atoms with E-state index in [0.717, 1.165) is 13.1 Å². The molecule has 74 valence electrons. The van der Waals surface area contributed by atoms with Crippen LogP contribution in [-0.2, 0) is 0 Å². The molecule has 0 saturated carbocycles. The van der Waals surface area contributed by atoms with E-state index in [9.17, 15) is 0 Å². The van der Waals surface area contributed by atoms with Gasteiger partial charge in [-0.25, -0.2) is 0 Å². The van der Waals surface area contributed by atoms with Gasteiger partial charge in [0.2, 0.25) is 0 Å². The molecule has 0 radical (unpaired) electrons. The van der Waals surface area contributed by atoms with Gasteiger partial charge in [-0.15, -0.1) is 0 Å². The number of hydrogen-bond donors (Lipinski definition) is 1. The van der Waals surface area contributed by atoms with Gasteiger partial charge in [-0.2, -0.15) is 0 Å². The maximum Gasteiger partial charge on any atom is 0.0148 e. The van der Waals surface area contributed by atoms with Gasteiger partial charge in [0.25, 0.3) is 0 Å². The molecule has 0 aromatic rings. The van der Waals surface area contributed by atoms with Gasteiger partial charge in [-0.05, 0) is 33.9 Å². The van der Waals surface area contributed by atoms with Gasteiger partial charge in [0, 0.05) is 18.6 Å². The van der Waals surface area contributed by atoms with Crippen LogP contribution in [0.1, 0.15) is 33.6 Å². The van der Waals surface area contributed by atoms with Crippen LogP contribution in [0.2, 0.25) is 0 Å². The van der Waals surface area contributed by atoms with Crippen LogP contribution in [0.5, 0.6) is 0 Å². The van der Waals surface area contributed by atoms with Gasteiger partial charge in [0.15, 0.2) is 0 Å². The molecular formula is C10H24N2. The van der Waals surface area contributed by atoms with Gasteiger partial charge in [0.1, 0.15) is 0 Å². The Labute approximate surface area is 77.3 Å². The molecule has 12 heavy (non-hydrogen) atoms. The van der Waals surface area contributed by atoms with Crippen molar-refractivity contribution in [3.63, 3.8) is 0 Å². The van der Waals surface area contributed by atoms with E-state index < -0.39 is 0 Å². The summed E-state index contributed by atoms with van der Waals surface area (Å²) in [6.07, 6.45) is 2.41. The second-order valence-corrected chi connectivity index (χ2v) is 4.00. The molecule has 0 atom stereocenters. The molecule has 0 aromatic heterocycles. The lowest BCUT2D eigenvalue weighted by molar-refractivity contribution is 0.304.